The fourth-order valence-corrected chi connectivity index (χ4v) is 3.29. The molecule has 0 atom stereocenters. The quantitative estimate of drug-likeness (QED) is 0.473. The lowest BCUT2D eigenvalue weighted by molar-refractivity contribution is -0.384. The van der Waals surface area contributed by atoms with Crippen molar-refractivity contribution in [3.8, 4) is 11.5 Å². The van der Waals surface area contributed by atoms with Crippen molar-refractivity contribution in [2.45, 2.75) is 18.7 Å². The summed E-state index contributed by atoms with van der Waals surface area (Å²) in [6.07, 6.45) is 0. The number of hydrogen-bond acceptors (Lipinski definition) is 6. The summed E-state index contributed by atoms with van der Waals surface area (Å²) in [4.78, 5) is 10.1. The largest absolute Gasteiger partial charge is 0.496 e. The molecule has 0 radical (unpaired) electrons. The van der Waals surface area contributed by atoms with Crippen LogP contribution in [0, 0.1) is 24.0 Å². The van der Waals surface area contributed by atoms with Gasteiger partial charge in [0.25, 0.3) is 5.69 Å². The summed E-state index contributed by atoms with van der Waals surface area (Å²) in [6.45, 7) is 3.38. The molecule has 0 saturated heterocycles. The molecular formula is C15H15NO6S. The lowest BCUT2D eigenvalue weighted by Gasteiger charge is -2.13. The molecule has 0 amide bonds. The van der Waals surface area contributed by atoms with Gasteiger partial charge in [-0.25, -0.2) is 0 Å². The third-order valence-electron chi connectivity index (χ3n) is 3.41. The van der Waals surface area contributed by atoms with E-state index in [1.54, 1.807) is 13.8 Å². The Hall–Kier alpha value is -2.61. The highest BCUT2D eigenvalue weighted by molar-refractivity contribution is 7.87. The van der Waals surface area contributed by atoms with Crippen molar-refractivity contribution in [1.82, 2.24) is 0 Å². The monoisotopic (exact) mass is 337 g/mol. The lowest BCUT2D eigenvalue weighted by Crippen LogP contribution is -2.12. The zero-order chi connectivity index (χ0) is 17.2. The number of nitro groups is 1. The van der Waals surface area contributed by atoms with Gasteiger partial charge in [0.1, 0.15) is 16.4 Å². The molecule has 2 rings (SSSR count). The Morgan fingerprint density at radius 1 is 1.09 bits per heavy atom. The van der Waals surface area contributed by atoms with Crippen molar-refractivity contribution in [1.29, 1.82) is 0 Å². The van der Waals surface area contributed by atoms with Crippen molar-refractivity contribution in [2.24, 2.45) is 0 Å². The molecule has 0 unspecified atom stereocenters. The van der Waals surface area contributed by atoms with Gasteiger partial charge in [0.15, 0.2) is 0 Å². The number of nitro benzene ring substituents is 1. The Morgan fingerprint density at radius 3 is 2.39 bits per heavy atom. The Kier molecular flexibility index (Phi) is 4.55. The molecular weight excluding hydrogens is 322 g/mol. The van der Waals surface area contributed by atoms with Gasteiger partial charge in [-0.05, 0) is 43.2 Å². The maximum absolute atomic E-state index is 12.4. The first-order valence-corrected chi connectivity index (χ1v) is 8.00. The predicted octanol–water partition coefficient (Wildman–Crippen LogP) is 2.99. The van der Waals surface area contributed by atoms with E-state index in [1.807, 2.05) is 0 Å². The van der Waals surface area contributed by atoms with Crippen LogP contribution < -0.4 is 8.92 Å². The van der Waals surface area contributed by atoms with Crippen molar-refractivity contribution < 1.29 is 22.3 Å². The molecule has 2 aromatic rings. The molecule has 2 aromatic carbocycles. The summed E-state index contributed by atoms with van der Waals surface area (Å²) in [7, 11) is -2.62. The van der Waals surface area contributed by atoms with Crippen LogP contribution in [0.3, 0.4) is 0 Å². The number of methoxy groups -OCH3 is 1. The maximum Gasteiger partial charge on any atom is 0.339 e. The molecule has 0 aliphatic carbocycles. The van der Waals surface area contributed by atoms with Crippen LogP contribution >= 0.6 is 0 Å². The van der Waals surface area contributed by atoms with E-state index in [2.05, 4.69) is 0 Å². The van der Waals surface area contributed by atoms with E-state index in [0.717, 1.165) is 6.07 Å². The standard InChI is InChI=1S/C15H15NO6S/c1-10-11(2)15(8-7-14(10)21-3)23(19,20)22-13-6-4-5-12(9-13)16(17)18/h4-9H,1-3H3. The first-order chi connectivity index (χ1) is 10.8. The summed E-state index contributed by atoms with van der Waals surface area (Å²) in [5.41, 5.74) is 0.923. The van der Waals surface area contributed by atoms with E-state index in [0.29, 0.717) is 16.9 Å². The minimum atomic E-state index is -4.11. The van der Waals surface area contributed by atoms with E-state index in [1.165, 1.54) is 37.4 Å². The summed E-state index contributed by atoms with van der Waals surface area (Å²) >= 11 is 0. The normalized spacial score (nSPS) is 11.1. The third-order valence-corrected chi connectivity index (χ3v) is 4.80. The van der Waals surface area contributed by atoms with Crippen LogP contribution in [0.25, 0.3) is 0 Å². The maximum atomic E-state index is 12.4. The molecule has 0 aromatic heterocycles. The minimum Gasteiger partial charge on any atom is -0.496 e. The third kappa shape index (κ3) is 3.42. The smallest absolute Gasteiger partial charge is 0.339 e. The van der Waals surface area contributed by atoms with Crippen molar-refractivity contribution >= 4 is 15.8 Å². The van der Waals surface area contributed by atoms with Crippen molar-refractivity contribution in [2.75, 3.05) is 7.11 Å². The second kappa shape index (κ2) is 6.25. The first kappa shape index (κ1) is 16.8. The predicted molar refractivity (Wildman–Crippen MR) is 83.4 cm³/mol. The van der Waals surface area contributed by atoms with Crippen LogP contribution in [0.4, 0.5) is 5.69 Å². The highest BCUT2D eigenvalue weighted by Crippen LogP contribution is 2.29. The molecule has 0 bridgehead atoms. The molecule has 0 fully saturated rings. The average Bonchev–Trinajstić information content (AvgIpc) is 2.49. The number of rotatable bonds is 5. The van der Waals surface area contributed by atoms with Crippen molar-refractivity contribution in [3.05, 3.63) is 57.6 Å². The summed E-state index contributed by atoms with van der Waals surface area (Å²) < 4.78 is 35.0. The Bertz CT molecular complexity index is 860. The van der Waals surface area contributed by atoms with Gasteiger partial charge in [-0.2, -0.15) is 8.42 Å². The van der Waals surface area contributed by atoms with Gasteiger partial charge in [0.2, 0.25) is 0 Å². The number of nitrogens with zero attached hydrogens (tertiary/aromatic N) is 1. The Labute approximate surface area is 133 Å². The van der Waals surface area contributed by atoms with Crippen molar-refractivity contribution in [3.63, 3.8) is 0 Å². The van der Waals surface area contributed by atoms with Crippen LogP contribution in [0.1, 0.15) is 11.1 Å². The van der Waals surface area contributed by atoms with Gasteiger partial charge in [-0.1, -0.05) is 6.07 Å². The second-order valence-electron chi connectivity index (χ2n) is 4.81. The second-order valence-corrected chi connectivity index (χ2v) is 6.32. The minimum absolute atomic E-state index is 0.0118. The zero-order valence-corrected chi connectivity index (χ0v) is 13.6. The van der Waals surface area contributed by atoms with Crippen LogP contribution in [0.5, 0.6) is 11.5 Å². The SMILES string of the molecule is COc1ccc(S(=O)(=O)Oc2cccc([N+](=O)[O-])c2)c(C)c1C. The molecule has 8 heteroatoms. The van der Waals surface area contributed by atoms with Gasteiger partial charge < -0.3 is 8.92 Å². The van der Waals surface area contributed by atoms with Gasteiger partial charge in [-0.15, -0.1) is 0 Å². The van der Waals surface area contributed by atoms with Crippen LogP contribution in [0.15, 0.2) is 41.3 Å². The van der Waals surface area contributed by atoms with E-state index in [-0.39, 0.29) is 16.3 Å². The topological polar surface area (TPSA) is 95.7 Å². The van der Waals surface area contributed by atoms with Crippen LogP contribution in [-0.4, -0.2) is 20.5 Å². The molecule has 0 aliphatic rings. The van der Waals surface area contributed by atoms with E-state index in [4.69, 9.17) is 8.92 Å². The fourth-order valence-electron chi connectivity index (χ4n) is 2.08. The van der Waals surface area contributed by atoms with E-state index >= 15 is 0 Å². The number of benzene rings is 2. The molecule has 0 saturated carbocycles. The number of ether oxygens (including phenoxy) is 1. The van der Waals surface area contributed by atoms with E-state index in [9.17, 15) is 18.5 Å². The summed E-state index contributed by atoms with van der Waals surface area (Å²) in [6, 6.07) is 7.93. The van der Waals surface area contributed by atoms with Crippen LogP contribution in [-0.2, 0) is 10.1 Å². The molecule has 122 valence electrons. The fraction of sp³-hybridized carbons (Fsp3) is 0.200. The Morgan fingerprint density at radius 2 is 1.78 bits per heavy atom. The average molecular weight is 337 g/mol. The highest BCUT2D eigenvalue weighted by atomic mass is 32.2. The van der Waals surface area contributed by atoms with Crippen LogP contribution in [0.2, 0.25) is 0 Å². The van der Waals surface area contributed by atoms with Gasteiger partial charge >= 0.3 is 10.1 Å². The molecule has 0 spiro atoms. The summed E-state index contributed by atoms with van der Waals surface area (Å²) in [5, 5.41) is 10.7. The molecule has 23 heavy (non-hydrogen) atoms. The van der Waals surface area contributed by atoms with Gasteiger partial charge in [-0.3, -0.25) is 10.1 Å². The molecule has 0 aliphatic heterocycles. The van der Waals surface area contributed by atoms with Gasteiger partial charge in [0, 0.05) is 6.07 Å². The molecule has 0 heterocycles. The highest BCUT2D eigenvalue weighted by Gasteiger charge is 2.22. The van der Waals surface area contributed by atoms with E-state index < -0.39 is 15.0 Å². The number of hydrogen-bond donors (Lipinski definition) is 0. The Balaban J connectivity index is 2.42. The molecule has 7 nitrogen and oxygen atoms in total. The first-order valence-electron chi connectivity index (χ1n) is 6.59. The summed E-state index contributed by atoms with van der Waals surface area (Å²) in [5.74, 6) is 0.448. The molecule has 0 N–H and O–H groups in total. The number of non-ortho nitro benzene ring substituents is 1. The lowest BCUT2D eigenvalue weighted by atomic mass is 10.1. The van der Waals surface area contributed by atoms with Gasteiger partial charge in [0.05, 0.1) is 18.1 Å². The zero-order valence-electron chi connectivity index (χ0n) is 12.8.